The van der Waals surface area contributed by atoms with Crippen LogP contribution in [0.2, 0.25) is 5.02 Å². The molecule has 0 radical (unpaired) electrons. The molecule has 2 aromatic heterocycles. The number of aromatic nitrogens is 3. The molecule has 0 bridgehead atoms. The van der Waals surface area contributed by atoms with Crippen molar-refractivity contribution in [3.05, 3.63) is 33.5 Å². The van der Waals surface area contributed by atoms with Crippen LogP contribution in [0.1, 0.15) is 39.4 Å². The van der Waals surface area contributed by atoms with E-state index in [-0.39, 0.29) is 11.1 Å². The number of carbonyl (C=O) groups is 1. The van der Waals surface area contributed by atoms with Gasteiger partial charge >= 0.3 is 6.09 Å². The number of nitrogens with one attached hydrogen (secondary N) is 1. The number of aromatic amines is 1. The molecule has 1 amide bonds. The molecule has 0 atom stereocenters. The standard InChI is InChI=1S/C14H17ClN4O3/c1-13(2,3)19(12(21)22)14(5-6-14)11-16-10(20)9-8(15)4-7-18(9)17-11/h4,7H,5-6H2,1-3H3,(H,21,22)(H,16,17,20). The lowest BCUT2D eigenvalue weighted by molar-refractivity contribution is 0.0556. The molecular weight excluding hydrogens is 308 g/mol. The molecule has 118 valence electrons. The van der Waals surface area contributed by atoms with Crippen molar-refractivity contribution < 1.29 is 9.90 Å². The third kappa shape index (κ3) is 2.08. The van der Waals surface area contributed by atoms with Gasteiger partial charge in [0.1, 0.15) is 11.1 Å². The molecule has 0 spiro atoms. The van der Waals surface area contributed by atoms with Crippen LogP contribution in [0, 0.1) is 0 Å². The summed E-state index contributed by atoms with van der Waals surface area (Å²) in [5, 5.41) is 14.3. The zero-order valence-corrected chi connectivity index (χ0v) is 13.3. The van der Waals surface area contributed by atoms with Gasteiger partial charge < -0.3 is 10.1 Å². The fourth-order valence-electron chi connectivity index (χ4n) is 3.00. The van der Waals surface area contributed by atoms with Crippen LogP contribution in [0.5, 0.6) is 0 Å². The summed E-state index contributed by atoms with van der Waals surface area (Å²) < 4.78 is 1.40. The Kier molecular flexibility index (Phi) is 3.04. The zero-order chi connectivity index (χ0) is 16.3. The van der Waals surface area contributed by atoms with Crippen LogP contribution in [-0.2, 0) is 5.54 Å². The number of halogens is 1. The molecule has 2 aromatic rings. The van der Waals surface area contributed by atoms with E-state index in [4.69, 9.17) is 11.6 Å². The van der Waals surface area contributed by atoms with Gasteiger partial charge in [0.2, 0.25) is 0 Å². The number of fused-ring (bicyclic) bond motifs is 1. The van der Waals surface area contributed by atoms with Gasteiger partial charge in [-0.1, -0.05) is 11.6 Å². The normalized spacial score (nSPS) is 16.7. The minimum atomic E-state index is -1.03. The van der Waals surface area contributed by atoms with Gasteiger partial charge in [0, 0.05) is 11.7 Å². The van der Waals surface area contributed by atoms with Crippen LogP contribution in [0.4, 0.5) is 4.79 Å². The van der Waals surface area contributed by atoms with Gasteiger partial charge in [-0.05, 0) is 39.7 Å². The second-order valence-electron chi connectivity index (χ2n) is 6.58. The molecular formula is C14H17ClN4O3. The molecule has 2 N–H and O–H groups in total. The van der Waals surface area contributed by atoms with Crippen molar-refractivity contribution in [2.45, 2.75) is 44.7 Å². The topological polar surface area (TPSA) is 90.7 Å². The molecule has 0 aliphatic heterocycles. The van der Waals surface area contributed by atoms with Crippen molar-refractivity contribution in [3.8, 4) is 0 Å². The first-order valence-electron chi connectivity index (χ1n) is 6.98. The minimum Gasteiger partial charge on any atom is -0.465 e. The average Bonchev–Trinajstić information content (AvgIpc) is 3.05. The molecule has 7 nitrogen and oxygen atoms in total. The molecule has 1 saturated carbocycles. The van der Waals surface area contributed by atoms with Gasteiger partial charge in [-0.2, -0.15) is 5.10 Å². The lowest BCUT2D eigenvalue weighted by Gasteiger charge is -2.39. The Hall–Kier alpha value is -2.02. The maximum atomic E-state index is 12.2. The summed E-state index contributed by atoms with van der Waals surface area (Å²) in [7, 11) is 0. The number of carboxylic acid groups (broad SMARTS) is 1. The van der Waals surface area contributed by atoms with E-state index in [0.29, 0.717) is 23.7 Å². The first kappa shape index (κ1) is 14.9. The number of H-pyrrole nitrogens is 1. The molecule has 0 aromatic carbocycles. The molecule has 1 aliphatic carbocycles. The highest BCUT2D eigenvalue weighted by atomic mass is 35.5. The summed E-state index contributed by atoms with van der Waals surface area (Å²) in [4.78, 5) is 28.0. The number of hydrogen-bond acceptors (Lipinski definition) is 3. The largest absolute Gasteiger partial charge is 0.465 e. The highest BCUT2D eigenvalue weighted by Crippen LogP contribution is 2.52. The first-order valence-corrected chi connectivity index (χ1v) is 7.35. The number of nitrogens with zero attached hydrogens (tertiary/aromatic N) is 3. The summed E-state index contributed by atoms with van der Waals surface area (Å²) >= 11 is 5.96. The van der Waals surface area contributed by atoms with Gasteiger partial charge in [0.15, 0.2) is 5.82 Å². The third-order valence-corrected chi connectivity index (χ3v) is 4.23. The van der Waals surface area contributed by atoms with Crippen molar-refractivity contribution in [3.63, 3.8) is 0 Å². The van der Waals surface area contributed by atoms with Crippen molar-refractivity contribution >= 4 is 23.2 Å². The van der Waals surface area contributed by atoms with Crippen molar-refractivity contribution in [2.24, 2.45) is 0 Å². The predicted molar refractivity (Wildman–Crippen MR) is 81.4 cm³/mol. The lowest BCUT2D eigenvalue weighted by atomic mass is 10.0. The fraction of sp³-hybridized carbons (Fsp3) is 0.500. The average molecular weight is 325 g/mol. The second kappa shape index (κ2) is 4.49. The van der Waals surface area contributed by atoms with Gasteiger partial charge in [0.25, 0.3) is 5.56 Å². The molecule has 8 heteroatoms. The predicted octanol–water partition coefficient (Wildman–Crippen LogP) is 2.44. The van der Waals surface area contributed by atoms with Crippen molar-refractivity contribution in [1.29, 1.82) is 0 Å². The first-order chi connectivity index (χ1) is 10.2. The Balaban J connectivity index is 2.18. The van der Waals surface area contributed by atoms with Gasteiger partial charge in [-0.15, -0.1) is 0 Å². The Bertz CT molecular complexity index is 814. The second-order valence-corrected chi connectivity index (χ2v) is 6.99. The third-order valence-electron chi connectivity index (χ3n) is 3.93. The van der Waals surface area contributed by atoms with E-state index < -0.39 is 17.2 Å². The smallest absolute Gasteiger partial charge is 0.408 e. The Labute approximate surface area is 131 Å². The molecule has 1 fully saturated rings. The SMILES string of the molecule is CC(C)(C)N(C(=O)O)C1(c2nn3ccc(Cl)c3c(=O)[nH]2)CC1. The van der Waals surface area contributed by atoms with Gasteiger partial charge in [-0.25, -0.2) is 9.31 Å². The summed E-state index contributed by atoms with van der Waals surface area (Å²) in [6, 6.07) is 1.58. The number of amides is 1. The van der Waals surface area contributed by atoms with Crippen LogP contribution in [0.15, 0.2) is 17.1 Å². The van der Waals surface area contributed by atoms with E-state index in [2.05, 4.69) is 10.1 Å². The molecule has 2 heterocycles. The highest BCUT2D eigenvalue weighted by Gasteiger charge is 2.57. The van der Waals surface area contributed by atoms with Crippen LogP contribution in [0.3, 0.4) is 0 Å². The van der Waals surface area contributed by atoms with E-state index in [1.165, 1.54) is 9.42 Å². The Morgan fingerprint density at radius 2 is 2.14 bits per heavy atom. The van der Waals surface area contributed by atoms with E-state index in [1.807, 2.05) is 20.8 Å². The Morgan fingerprint density at radius 1 is 1.50 bits per heavy atom. The summed E-state index contributed by atoms with van der Waals surface area (Å²) in [6.45, 7) is 5.47. The lowest BCUT2D eigenvalue weighted by Crippen LogP contribution is -2.52. The van der Waals surface area contributed by atoms with Gasteiger partial charge in [0.05, 0.1) is 5.02 Å². The molecule has 0 saturated heterocycles. The van der Waals surface area contributed by atoms with E-state index in [1.54, 1.807) is 12.3 Å². The van der Waals surface area contributed by atoms with Crippen LogP contribution < -0.4 is 5.56 Å². The maximum absolute atomic E-state index is 12.2. The van der Waals surface area contributed by atoms with Crippen molar-refractivity contribution in [2.75, 3.05) is 0 Å². The molecule has 3 rings (SSSR count). The molecule has 22 heavy (non-hydrogen) atoms. The maximum Gasteiger partial charge on any atom is 0.408 e. The van der Waals surface area contributed by atoms with Crippen LogP contribution >= 0.6 is 11.6 Å². The monoisotopic (exact) mass is 324 g/mol. The van der Waals surface area contributed by atoms with Crippen LogP contribution in [-0.4, -0.2) is 36.2 Å². The molecule has 1 aliphatic rings. The zero-order valence-electron chi connectivity index (χ0n) is 12.6. The molecule has 0 unspecified atom stereocenters. The summed E-state index contributed by atoms with van der Waals surface area (Å²) in [5.74, 6) is 0.356. The minimum absolute atomic E-state index is 0.263. The number of rotatable bonds is 2. The van der Waals surface area contributed by atoms with E-state index >= 15 is 0 Å². The summed E-state index contributed by atoms with van der Waals surface area (Å²) in [5.41, 5.74) is -1.50. The van der Waals surface area contributed by atoms with E-state index in [9.17, 15) is 14.7 Å². The fourth-order valence-corrected chi connectivity index (χ4v) is 3.23. The quantitative estimate of drug-likeness (QED) is 0.887. The van der Waals surface area contributed by atoms with Crippen LogP contribution in [0.25, 0.3) is 5.52 Å². The van der Waals surface area contributed by atoms with Crippen molar-refractivity contribution in [1.82, 2.24) is 19.5 Å². The summed E-state index contributed by atoms with van der Waals surface area (Å²) in [6.07, 6.45) is 1.81. The van der Waals surface area contributed by atoms with Gasteiger partial charge in [-0.3, -0.25) is 9.69 Å². The number of hydrogen-bond donors (Lipinski definition) is 2. The highest BCUT2D eigenvalue weighted by molar-refractivity contribution is 6.33. The van der Waals surface area contributed by atoms with E-state index in [0.717, 1.165) is 0 Å². The Morgan fingerprint density at radius 3 is 2.64 bits per heavy atom.